The number of aromatic nitrogens is 1. The second kappa shape index (κ2) is 6.87. The van der Waals surface area contributed by atoms with Crippen LogP contribution < -0.4 is 5.32 Å². The van der Waals surface area contributed by atoms with Crippen LogP contribution in [0, 0.1) is 5.41 Å². The van der Waals surface area contributed by atoms with Gasteiger partial charge >= 0.3 is 0 Å². The molecular formula is C15H20N2O3S. The summed E-state index contributed by atoms with van der Waals surface area (Å²) >= 11 is 1.53. The van der Waals surface area contributed by atoms with Gasteiger partial charge in [0.05, 0.1) is 11.5 Å². The molecule has 2 N–H and O–H groups in total. The van der Waals surface area contributed by atoms with Crippen molar-refractivity contribution in [2.45, 2.75) is 26.7 Å². The van der Waals surface area contributed by atoms with Crippen LogP contribution in [0.15, 0.2) is 28.1 Å². The van der Waals surface area contributed by atoms with Crippen LogP contribution in [0.4, 0.5) is 0 Å². The number of aliphatic hydroxyl groups excluding tert-OH is 1. The Morgan fingerprint density at radius 3 is 2.81 bits per heavy atom. The lowest BCUT2D eigenvalue weighted by atomic mass is 9.83. The van der Waals surface area contributed by atoms with E-state index >= 15 is 0 Å². The summed E-state index contributed by atoms with van der Waals surface area (Å²) in [5, 5.41) is 18.1. The minimum Gasteiger partial charge on any atom is -0.396 e. The Kier molecular flexibility index (Phi) is 5.14. The highest BCUT2D eigenvalue weighted by Crippen LogP contribution is 2.26. The zero-order valence-corrected chi connectivity index (χ0v) is 13.1. The topological polar surface area (TPSA) is 75.4 Å². The summed E-state index contributed by atoms with van der Waals surface area (Å²) in [5.74, 6) is 0.316. The lowest BCUT2D eigenvalue weighted by Crippen LogP contribution is -2.39. The van der Waals surface area contributed by atoms with Gasteiger partial charge in [0.15, 0.2) is 11.5 Å². The van der Waals surface area contributed by atoms with Crippen LogP contribution in [0.2, 0.25) is 0 Å². The van der Waals surface area contributed by atoms with Crippen molar-refractivity contribution in [2.75, 3.05) is 13.2 Å². The van der Waals surface area contributed by atoms with Gasteiger partial charge in [-0.1, -0.05) is 25.1 Å². The van der Waals surface area contributed by atoms with E-state index in [0.29, 0.717) is 12.3 Å². The van der Waals surface area contributed by atoms with E-state index in [0.717, 1.165) is 17.7 Å². The van der Waals surface area contributed by atoms with Crippen LogP contribution in [0.1, 0.15) is 37.2 Å². The Labute approximate surface area is 128 Å². The molecule has 2 aromatic heterocycles. The Hall–Kier alpha value is -1.66. The second-order valence-corrected chi connectivity index (χ2v) is 6.05. The number of rotatable bonds is 7. The van der Waals surface area contributed by atoms with Crippen molar-refractivity contribution in [1.82, 2.24) is 10.5 Å². The van der Waals surface area contributed by atoms with E-state index in [1.54, 1.807) is 6.07 Å². The van der Waals surface area contributed by atoms with Gasteiger partial charge in [0.2, 0.25) is 0 Å². The molecule has 21 heavy (non-hydrogen) atoms. The third-order valence-corrected chi connectivity index (χ3v) is 4.85. The molecule has 0 aliphatic rings. The Bertz CT molecular complexity index is 565. The molecule has 0 fully saturated rings. The number of aliphatic hydroxyl groups is 1. The standard InChI is InChI=1S/C15H20N2O3S/c1-3-15(4-2,10-18)9-16-14(19)11-8-12(20-17-11)13-6-5-7-21-13/h5-8,18H,3-4,9-10H2,1-2H3,(H,16,19). The van der Waals surface area contributed by atoms with Crippen LogP contribution in [0.5, 0.6) is 0 Å². The van der Waals surface area contributed by atoms with Crippen molar-refractivity contribution in [3.63, 3.8) is 0 Å². The molecule has 0 aromatic carbocycles. The van der Waals surface area contributed by atoms with Crippen molar-refractivity contribution in [3.8, 4) is 10.6 Å². The van der Waals surface area contributed by atoms with E-state index in [1.165, 1.54) is 11.3 Å². The zero-order valence-electron chi connectivity index (χ0n) is 12.3. The van der Waals surface area contributed by atoms with Crippen LogP contribution in [0.25, 0.3) is 10.6 Å². The predicted octanol–water partition coefficient (Wildman–Crippen LogP) is 2.93. The molecule has 0 radical (unpaired) electrons. The normalized spacial score (nSPS) is 11.6. The Balaban J connectivity index is 2.01. The van der Waals surface area contributed by atoms with Gasteiger partial charge in [0.1, 0.15) is 0 Å². The Morgan fingerprint density at radius 2 is 2.24 bits per heavy atom. The number of hydrogen-bond donors (Lipinski definition) is 2. The quantitative estimate of drug-likeness (QED) is 0.824. The molecule has 0 saturated heterocycles. The van der Waals surface area contributed by atoms with Crippen molar-refractivity contribution in [3.05, 3.63) is 29.3 Å². The van der Waals surface area contributed by atoms with Crippen LogP contribution >= 0.6 is 11.3 Å². The van der Waals surface area contributed by atoms with Crippen molar-refractivity contribution in [2.24, 2.45) is 5.41 Å². The van der Waals surface area contributed by atoms with Gasteiger partial charge in [-0.25, -0.2) is 0 Å². The van der Waals surface area contributed by atoms with Crippen molar-refractivity contribution >= 4 is 17.2 Å². The van der Waals surface area contributed by atoms with Crippen LogP contribution in [-0.2, 0) is 0 Å². The highest BCUT2D eigenvalue weighted by atomic mass is 32.1. The van der Waals surface area contributed by atoms with Crippen LogP contribution in [0.3, 0.4) is 0 Å². The summed E-state index contributed by atoms with van der Waals surface area (Å²) in [6.45, 7) is 4.50. The summed E-state index contributed by atoms with van der Waals surface area (Å²) in [4.78, 5) is 13.0. The van der Waals surface area contributed by atoms with E-state index in [9.17, 15) is 9.90 Å². The molecule has 0 atom stereocenters. The summed E-state index contributed by atoms with van der Waals surface area (Å²) < 4.78 is 5.19. The van der Waals surface area contributed by atoms with Gasteiger partial charge in [0.25, 0.3) is 5.91 Å². The van der Waals surface area contributed by atoms with Gasteiger partial charge in [-0.15, -0.1) is 11.3 Å². The number of hydrogen-bond acceptors (Lipinski definition) is 5. The molecule has 5 nitrogen and oxygen atoms in total. The van der Waals surface area contributed by atoms with Crippen molar-refractivity contribution < 1.29 is 14.4 Å². The van der Waals surface area contributed by atoms with Gasteiger partial charge < -0.3 is 14.9 Å². The molecular weight excluding hydrogens is 288 g/mol. The smallest absolute Gasteiger partial charge is 0.273 e. The molecule has 0 aliphatic heterocycles. The zero-order chi connectivity index (χ0) is 15.3. The fourth-order valence-corrected chi connectivity index (χ4v) is 2.73. The first-order chi connectivity index (χ1) is 10.1. The van der Waals surface area contributed by atoms with Gasteiger partial charge in [0, 0.05) is 18.0 Å². The van der Waals surface area contributed by atoms with E-state index < -0.39 is 0 Å². The first-order valence-corrected chi connectivity index (χ1v) is 7.91. The number of nitrogens with one attached hydrogen (secondary N) is 1. The number of thiophene rings is 1. The maximum absolute atomic E-state index is 12.1. The third-order valence-electron chi connectivity index (χ3n) is 3.97. The third kappa shape index (κ3) is 3.51. The monoisotopic (exact) mass is 308 g/mol. The lowest BCUT2D eigenvalue weighted by molar-refractivity contribution is 0.0843. The molecule has 2 rings (SSSR count). The first kappa shape index (κ1) is 15.7. The van der Waals surface area contributed by atoms with Crippen LogP contribution in [-0.4, -0.2) is 29.3 Å². The fraction of sp³-hybridized carbons (Fsp3) is 0.467. The average molecular weight is 308 g/mol. The summed E-state index contributed by atoms with van der Waals surface area (Å²) in [6, 6.07) is 5.47. The van der Waals surface area contributed by atoms with E-state index in [1.807, 2.05) is 31.4 Å². The SMILES string of the molecule is CCC(CC)(CO)CNC(=O)c1cc(-c2cccs2)on1. The van der Waals surface area contributed by atoms with Gasteiger partial charge in [-0.3, -0.25) is 4.79 Å². The molecule has 0 aliphatic carbocycles. The molecule has 2 aromatic rings. The second-order valence-electron chi connectivity index (χ2n) is 5.10. The van der Waals surface area contributed by atoms with Gasteiger partial charge in [-0.2, -0.15) is 0 Å². The number of carbonyl (C=O) groups excluding carboxylic acids is 1. The number of carbonyl (C=O) groups is 1. The summed E-state index contributed by atoms with van der Waals surface area (Å²) in [6.07, 6.45) is 1.61. The van der Waals surface area contributed by atoms with Crippen molar-refractivity contribution in [1.29, 1.82) is 0 Å². The number of amides is 1. The first-order valence-electron chi connectivity index (χ1n) is 7.04. The van der Waals surface area contributed by atoms with E-state index in [2.05, 4.69) is 10.5 Å². The van der Waals surface area contributed by atoms with Gasteiger partial charge in [-0.05, 0) is 24.3 Å². The molecule has 0 saturated carbocycles. The maximum atomic E-state index is 12.1. The minimum atomic E-state index is -0.277. The molecule has 0 unspecified atom stereocenters. The average Bonchev–Trinajstić information content (AvgIpc) is 3.20. The van der Waals surface area contributed by atoms with E-state index in [4.69, 9.17) is 4.52 Å². The molecule has 1 amide bonds. The molecule has 2 heterocycles. The Morgan fingerprint density at radius 1 is 1.48 bits per heavy atom. The molecule has 114 valence electrons. The number of nitrogens with zero attached hydrogens (tertiary/aromatic N) is 1. The van der Waals surface area contributed by atoms with E-state index in [-0.39, 0.29) is 23.6 Å². The summed E-state index contributed by atoms with van der Waals surface area (Å²) in [5.41, 5.74) is -0.00636. The largest absolute Gasteiger partial charge is 0.396 e. The fourth-order valence-electron chi connectivity index (χ4n) is 2.05. The maximum Gasteiger partial charge on any atom is 0.273 e. The molecule has 0 bridgehead atoms. The highest BCUT2D eigenvalue weighted by Gasteiger charge is 2.26. The molecule has 6 heteroatoms. The predicted molar refractivity (Wildman–Crippen MR) is 82.3 cm³/mol. The molecule has 0 spiro atoms. The highest BCUT2D eigenvalue weighted by molar-refractivity contribution is 7.13. The summed E-state index contributed by atoms with van der Waals surface area (Å²) in [7, 11) is 0. The lowest BCUT2D eigenvalue weighted by Gasteiger charge is -2.29. The minimum absolute atomic E-state index is 0.0551.